The normalized spacial score (nSPS) is 32.5. The number of phenols is 1. The maximum atomic E-state index is 13.0. The number of hydrogen-bond donors (Lipinski definition) is 3. The second-order valence-electron chi connectivity index (χ2n) is 7.89. The van der Waals surface area contributed by atoms with Crippen molar-refractivity contribution in [2.45, 2.75) is 38.5 Å². The van der Waals surface area contributed by atoms with Gasteiger partial charge in [0.15, 0.2) is 10.9 Å². The van der Waals surface area contributed by atoms with Gasteiger partial charge in [0, 0.05) is 5.69 Å². The molecule has 1 aromatic rings. The summed E-state index contributed by atoms with van der Waals surface area (Å²) in [6.45, 7) is 0. The molecule has 7 heteroatoms. The Balaban J connectivity index is 1.44. The highest BCUT2D eigenvalue weighted by Gasteiger charge is 2.54. The monoisotopic (exact) mass is 398 g/mol. The fourth-order valence-electron chi connectivity index (χ4n) is 5.42. The van der Waals surface area contributed by atoms with Gasteiger partial charge in [0.2, 0.25) is 5.91 Å². The Labute approximate surface area is 162 Å². The van der Waals surface area contributed by atoms with Gasteiger partial charge >= 0.3 is 0 Å². The minimum absolute atomic E-state index is 0.0417. The summed E-state index contributed by atoms with van der Waals surface area (Å²) in [6.07, 6.45) is 6.85. The molecule has 1 amide bonds. The van der Waals surface area contributed by atoms with Crippen LogP contribution in [0.15, 0.2) is 12.1 Å². The van der Waals surface area contributed by atoms with Crippen LogP contribution in [0.2, 0.25) is 10.0 Å². The van der Waals surface area contributed by atoms with Crippen LogP contribution in [0.3, 0.4) is 0 Å². The topological polar surface area (TPSA) is 61.4 Å². The lowest BCUT2D eigenvalue weighted by molar-refractivity contribution is -0.144. The highest BCUT2D eigenvalue weighted by Crippen LogP contribution is 2.60. The van der Waals surface area contributed by atoms with Gasteiger partial charge in [-0.15, -0.1) is 0 Å². The lowest BCUT2D eigenvalue weighted by atomic mass is 9.49. The summed E-state index contributed by atoms with van der Waals surface area (Å²) in [6, 6.07) is 3.04. The van der Waals surface area contributed by atoms with Gasteiger partial charge in [-0.1, -0.05) is 23.2 Å². The van der Waals surface area contributed by atoms with Gasteiger partial charge in [0.1, 0.15) is 0 Å². The third kappa shape index (κ3) is 3.22. The summed E-state index contributed by atoms with van der Waals surface area (Å²) in [5.41, 5.74) is 0.286. The largest absolute Gasteiger partial charge is 0.505 e. The highest BCUT2D eigenvalue weighted by molar-refractivity contribution is 7.80. The zero-order valence-electron chi connectivity index (χ0n) is 13.6. The average Bonchev–Trinajstić information content (AvgIpc) is 2.51. The van der Waals surface area contributed by atoms with Gasteiger partial charge in [-0.3, -0.25) is 4.79 Å². The van der Waals surface area contributed by atoms with Gasteiger partial charge in [-0.2, -0.15) is 0 Å². The van der Waals surface area contributed by atoms with Crippen LogP contribution in [0.4, 0.5) is 5.69 Å². The molecular formula is C18H20Cl2N2O2S. The van der Waals surface area contributed by atoms with Crippen molar-refractivity contribution in [3.05, 3.63) is 22.2 Å². The minimum atomic E-state index is -0.245. The van der Waals surface area contributed by atoms with Gasteiger partial charge in [-0.05, 0) is 80.6 Å². The molecule has 0 aliphatic heterocycles. The number of anilines is 1. The minimum Gasteiger partial charge on any atom is -0.505 e. The number of aromatic hydroxyl groups is 1. The van der Waals surface area contributed by atoms with Crippen LogP contribution < -0.4 is 10.6 Å². The molecular weight excluding hydrogens is 379 g/mol. The van der Waals surface area contributed by atoms with E-state index in [1.807, 2.05) is 0 Å². The lowest BCUT2D eigenvalue weighted by Crippen LogP contribution is -2.55. The average molecular weight is 399 g/mol. The molecule has 4 nitrogen and oxygen atoms in total. The summed E-state index contributed by atoms with van der Waals surface area (Å²) >= 11 is 17.1. The maximum absolute atomic E-state index is 13.0. The van der Waals surface area contributed by atoms with Crippen molar-refractivity contribution < 1.29 is 9.90 Å². The molecule has 4 saturated carbocycles. The number of amides is 1. The standard InChI is InChI=1S/C18H20Cl2N2O2S/c19-13-4-12(5-14(20)15(13)23)21-17(25)22-16(24)18-6-9-1-10(7-18)3-11(2-9)8-18/h4-5,9-11,23H,1-3,6-8H2,(H2,21,22,24,25). The Morgan fingerprint density at radius 2 is 1.56 bits per heavy atom. The quantitative estimate of drug-likeness (QED) is 0.497. The number of carbonyl (C=O) groups excluding carboxylic acids is 1. The first kappa shape index (κ1) is 17.4. The molecule has 134 valence electrons. The molecule has 0 atom stereocenters. The Morgan fingerprint density at radius 1 is 1.08 bits per heavy atom. The van der Waals surface area contributed by atoms with Crippen LogP contribution in [-0.4, -0.2) is 16.1 Å². The zero-order valence-corrected chi connectivity index (χ0v) is 16.0. The van der Waals surface area contributed by atoms with Gasteiger partial charge in [0.25, 0.3) is 0 Å². The van der Waals surface area contributed by atoms with Crippen LogP contribution in [-0.2, 0) is 4.79 Å². The van der Waals surface area contributed by atoms with E-state index in [-0.39, 0.29) is 32.2 Å². The zero-order chi connectivity index (χ0) is 17.8. The molecule has 4 fully saturated rings. The van der Waals surface area contributed by atoms with E-state index in [1.165, 1.54) is 31.4 Å². The van der Waals surface area contributed by atoms with E-state index in [0.717, 1.165) is 19.3 Å². The molecule has 4 aliphatic carbocycles. The van der Waals surface area contributed by atoms with Crippen molar-refractivity contribution >= 4 is 52.1 Å². The number of carbonyl (C=O) groups is 1. The third-order valence-electron chi connectivity index (χ3n) is 6.02. The molecule has 0 aromatic heterocycles. The Hall–Kier alpha value is -1.04. The SMILES string of the molecule is O=C(NC(=S)Nc1cc(Cl)c(O)c(Cl)c1)C12CC3CC(CC(C3)C1)C2. The Kier molecular flexibility index (Phi) is 4.37. The molecule has 25 heavy (non-hydrogen) atoms. The summed E-state index contributed by atoms with van der Waals surface area (Å²) in [5.74, 6) is 1.98. The van der Waals surface area contributed by atoms with Crippen LogP contribution >= 0.6 is 35.4 Å². The number of hydrogen-bond acceptors (Lipinski definition) is 3. The second-order valence-corrected chi connectivity index (χ2v) is 9.12. The first-order chi connectivity index (χ1) is 11.8. The molecule has 4 aliphatic rings. The van der Waals surface area contributed by atoms with Crippen LogP contribution in [0.25, 0.3) is 0 Å². The van der Waals surface area contributed by atoms with Crippen molar-refractivity contribution in [3.63, 3.8) is 0 Å². The molecule has 1 aromatic carbocycles. The number of rotatable bonds is 2. The van der Waals surface area contributed by atoms with Crippen molar-refractivity contribution in [2.24, 2.45) is 23.2 Å². The third-order valence-corrected chi connectivity index (χ3v) is 6.80. The fraction of sp³-hybridized carbons (Fsp3) is 0.556. The summed E-state index contributed by atoms with van der Waals surface area (Å²) < 4.78 is 0. The summed E-state index contributed by atoms with van der Waals surface area (Å²) in [7, 11) is 0. The van der Waals surface area contributed by atoms with Crippen LogP contribution in [0.5, 0.6) is 5.75 Å². The molecule has 0 spiro atoms. The molecule has 0 unspecified atom stereocenters. The molecule has 0 saturated heterocycles. The van der Waals surface area contributed by atoms with Crippen molar-refractivity contribution in [1.82, 2.24) is 5.32 Å². The molecule has 0 radical (unpaired) electrons. The van der Waals surface area contributed by atoms with E-state index >= 15 is 0 Å². The Bertz CT molecular complexity index is 694. The van der Waals surface area contributed by atoms with Crippen molar-refractivity contribution in [2.75, 3.05) is 5.32 Å². The summed E-state index contributed by atoms with van der Waals surface area (Å²) in [5, 5.41) is 15.9. The highest BCUT2D eigenvalue weighted by atomic mass is 35.5. The Morgan fingerprint density at radius 3 is 2.04 bits per heavy atom. The molecule has 3 N–H and O–H groups in total. The number of halogens is 2. The van der Waals surface area contributed by atoms with Gasteiger partial charge in [-0.25, -0.2) is 0 Å². The first-order valence-electron chi connectivity index (χ1n) is 8.65. The second kappa shape index (κ2) is 6.29. The predicted octanol–water partition coefficient (Wildman–Crippen LogP) is 4.73. The molecule has 0 heterocycles. The first-order valence-corrected chi connectivity index (χ1v) is 9.81. The van der Waals surface area contributed by atoms with E-state index in [1.54, 1.807) is 0 Å². The van der Waals surface area contributed by atoms with E-state index < -0.39 is 0 Å². The number of nitrogens with one attached hydrogen (secondary N) is 2. The van der Waals surface area contributed by atoms with E-state index in [4.69, 9.17) is 35.4 Å². The van der Waals surface area contributed by atoms with E-state index in [9.17, 15) is 9.90 Å². The summed E-state index contributed by atoms with van der Waals surface area (Å²) in [4.78, 5) is 13.0. The fourth-order valence-corrected chi connectivity index (χ4v) is 6.12. The number of benzene rings is 1. The predicted molar refractivity (Wildman–Crippen MR) is 103 cm³/mol. The molecule has 4 bridgehead atoms. The maximum Gasteiger partial charge on any atom is 0.232 e. The van der Waals surface area contributed by atoms with Gasteiger partial charge < -0.3 is 15.7 Å². The smallest absolute Gasteiger partial charge is 0.232 e. The van der Waals surface area contributed by atoms with Crippen LogP contribution in [0.1, 0.15) is 38.5 Å². The van der Waals surface area contributed by atoms with Crippen molar-refractivity contribution in [3.8, 4) is 5.75 Å². The molecule has 5 rings (SSSR count). The van der Waals surface area contributed by atoms with Crippen molar-refractivity contribution in [1.29, 1.82) is 0 Å². The van der Waals surface area contributed by atoms with E-state index in [2.05, 4.69) is 10.6 Å². The van der Waals surface area contributed by atoms with Crippen LogP contribution in [0, 0.1) is 23.2 Å². The number of thiocarbonyl (C=S) groups is 1. The van der Waals surface area contributed by atoms with Gasteiger partial charge in [0.05, 0.1) is 15.5 Å². The number of phenolic OH excluding ortho intramolecular Hbond substituents is 1. The van der Waals surface area contributed by atoms with E-state index in [0.29, 0.717) is 23.4 Å². The lowest BCUT2D eigenvalue weighted by Gasteiger charge is -2.55.